The molecular formula is C20H27N3O6S. The van der Waals surface area contributed by atoms with Gasteiger partial charge in [0.25, 0.3) is 0 Å². The molecule has 2 aromatic heterocycles. The second kappa shape index (κ2) is 10.3. The molecule has 3 heterocycles. The average molecular weight is 438 g/mol. The number of nitrogens with one attached hydrogen (secondary N) is 1. The summed E-state index contributed by atoms with van der Waals surface area (Å²) in [6.07, 6.45) is 0.0485. The lowest BCUT2D eigenvalue weighted by atomic mass is 9.99. The summed E-state index contributed by atoms with van der Waals surface area (Å²) in [6.45, 7) is 6.01. The van der Waals surface area contributed by atoms with Crippen LogP contribution < -0.4 is 5.32 Å². The minimum atomic E-state index is -0.945. The summed E-state index contributed by atoms with van der Waals surface area (Å²) in [5.74, 6) is 0. The molecule has 1 amide bonds. The van der Waals surface area contributed by atoms with Crippen LogP contribution in [0.15, 0.2) is 24.5 Å². The Bertz CT molecular complexity index is 833. The van der Waals surface area contributed by atoms with Gasteiger partial charge in [0.05, 0.1) is 11.8 Å². The molecule has 3 rings (SSSR count). The van der Waals surface area contributed by atoms with Crippen LogP contribution in [0.25, 0.3) is 10.6 Å². The quantitative estimate of drug-likeness (QED) is 0.705. The minimum Gasteiger partial charge on any atom is -0.416 e. The van der Waals surface area contributed by atoms with E-state index < -0.39 is 24.6 Å². The number of pyridine rings is 1. The number of aromatic nitrogens is 2. The summed E-state index contributed by atoms with van der Waals surface area (Å²) in [4.78, 5) is 21.2. The van der Waals surface area contributed by atoms with Gasteiger partial charge in [0, 0.05) is 38.8 Å². The van der Waals surface area contributed by atoms with Gasteiger partial charge in [-0.05, 0) is 32.9 Å². The Balaban J connectivity index is 1.70. The Morgan fingerprint density at radius 2 is 2.03 bits per heavy atom. The Hall–Kier alpha value is -2.11. The molecule has 30 heavy (non-hydrogen) atoms. The van der Waals surface area contributed by atoms with E-state index in [4.69, 9.17) is 23.7 Å². The molecule has 1 saturated heterocycles. The Morgan fingerprint density at radius 1 is 1.27 bits per heavy atom. The monoisotopic (exact) mass is 437 g/mol. The maximum atomic E-state index is 12.6. The van der Waals surface area contributed by atoms with E-state index in [9.17, 15) is 4.79 Å². The highest BCUT2D eigenvalue weighted by atomic mass is 32.1. The molecule has 0 radical (unpaired) electrons. The number of hydrogen-bond acceptors (Lipinski definition) is 9. The zero-order valence-electron chi connectivity index (χ0n) is 17.7. The first-order valence-corrected chi connectivity index (χ1v) is 10.5. The molecule has 0 spiro atoms. The number of thiazole rings is 1. The van der Waals surface area contributed by atoms with Crippen LogP contribution in [0.1, 0.15) is 19.5 Å². The maximum Gasteiger partial charge on any atom is 0.414 e. The van der Waals surface area contributed by atoms with Crippen molar-refractivity contribution in [3.63, 3.8) is 0 Å². The van der Waals surface area contributed by atoms with Gasteiger partial charge in [-0.3, -0.25) is 10.3 Å². The molecule has 10 heteroatoms. The third-order valence-electron chi connectivity index (χ3n) is 4.77. The highest BCUT2D eigenvalue weighted by molar-refractivity contribution is 7.19. The number of anilines is 1. The van der Waals surface area contributed by atoms with Crippen LogP contribution in [0.4, 0.5) is 9.80 Å². The van der Waals surface area contributed by atoms with E-state index >= 15 is 0 Å². The van der Waals surface area contributed by atoms with Crippen molar-refractivity contribution in [1.29, 1.82) is 0 Å². The Kier molecular flexibility index (Phi) is 7.73. The van der Waals surface area contributed by atoms with Gasteiger partial charge in [-0.2, -0.15) is 0 Å². The van der Waals surface area contributed by atoms with Crippen molar-refractivity contribution < 1.29 is 28.5 Å². The molecule has 1 fully saturated rings. The van der Waals surface area contributed by atoms with Crippen molar-refractivity contribution in [3.8, 4) is 10.6 Å². The number of hydrogen-bond donors (Lipinski definition) is 1. The standard InChI is InChI=1S/C20H27N3O6S/c1-6-27-15-14(25-4)12(3)28-19(16(15)26-5)29-20(24)23-17-11(2)22-18(30-17)13-8-7-9-21-10-13/h7-10,12,14-16,19H,6H2,1-5H3,(H,23,24)/t12-,14-,15+,16+,19?/m0/s1. The first-order valence-electron chi connectivity index (χ1n) is 9.66. The van der Waals surface area contributed by atoms with Crippen molar-refractivity contribution in [3.05, 3.63) is 30.2 Å². The normalized spacial score (nSPS) is 26.4. The molecule has 0 aliphatic carbocycles. The first-order chi connectivity index (χ1) is 14.5. The van der Waals surface area contributed by atoms with Gasteiger partial charge in [0.15, 0.2) is 0 Å². The summed E-state index contributed by atoms with van der Waals surface area (Å²) in [5, 5.41) is 4.09. The fourth-order valence-corrected chi connectivity index (χ4v) is 4.32. The predicted octanol–water partition coefficient (Wildman–Crippen LogP) is 3.24. The molecule has 9 nitrogen and oxygen atoms in total. The number of carbonyl (C=O) groups excluding carboxylic acids is 1. The largest absolute Gasteiger partial charge is 0.416 e. The lowest BCUT2D eigenvalue weighted by Crippen LogP contribution is -2.60. The highest BCUT2D eigenvalue weighted by Gasteiger charge is 2.47. The topological polar surface area (TPSA) is 101 Å². The summed E-state index contributed by atoms with van der Waals surface area (Å²) in [5.41, 5.74) is 1.56. The fourth-order valence-electron chi connectivity index (χ4n) is 3.38. The molecule has 0 bridgehead atoms. The highest BCUT2D eigenvalue weighted by Crippen LogP contribution is 2.32. The second-order valence-corrected chi connectivity index (χ2v) is 7.73. The fraction of sp³-hybridized carbons (Fsp3) is 0.550. The van der Waals surface area contributed by atoms with Gasteiger partial charge >= 0.3 is 6.09 Å². The van der Waals surface area contributed by atoms with Crippen LogP contribution >= 0.6 is 11.3 Å². The molecule has 0 aromatic carbocycles. The van der Waals surface area contributed by atoms with E-state index in [1.54, 1.807) is 19.5 Å². The van der Waals surface area contributed by atoms with E-state index in [-0.39, 0.29) is 12.2 Å². The van der Waals surface area contributed by atoms with Crippen molar-refractivity contribution >= 4 is 22.4 Å². The van der Waals surface area contributed by atoms with E-state index in [1.165, 1.54) is 18.4 Å². The summed E-state index contributed by atoms with van der Waals surface area (Å²) in [6, 6.07) is 3.75. The lowest BCUT2D eigenvalue weighted by Gasteiger charge is -2.43. The predicted molar refractivity (Wildman–Crippen MR) is 112 cm³/mol. The van der Waals surface area contributed by atoms with Crippen molar-refractivity contribution in [1.82, 2.24) is 9.97 Å². The number of ether oxygens (including phenoxy) is 5. The van der Waals surface area contributed by atoms with Crippen LogP contribution in [0.3, 0.4) is 0 Å². The SMILES string of the molecule is CCO[C@@H]1[C@@H](OC)[C@H](C)OC(OC(=O)Nc2sc(-c3cccnc3)nc2C)[C@@H]1OC. The van der Waals surface area contributed by atoms with Crippen LogP contribution in [0.5, 0.6) is 0 Å². The number of aryl methyl sites for hydroxylation is 1. The maximum absolute atomic E-state index is 12.6. The molecule has 0 saturated carbocycles. The number of rotatable bonds is 7. The molecular weight excluding hydrogens is 410 g/mol. The molecule has 164 valence electrons. The average Bonchev–Trinajstić information content (AvgIpc) is 3.09. The van der Waals surface area contributed by atoms with Crippen LogP contribution in [-0.4, -0.2) is 67.6 Å². The number of nitrogens with zero attached hydrogens (tertiary/aromatic N) is 2. The number of carbonyl (C=O) groups is 1. The van der Waals surface area contributed by atoms with Crippen molar-refractivity contribution in [2.24, 2.45) is 0 Å². The molecule has 2 aromatic rings. The van der Waals surface area contributed by atoms with Gasteiger partial charge in [-0.15, -0.1) is 0 Å². The zero-order chi connectivity index (χ0) is 21.7. The van der Waals surface area contributed by atoms with Gasteiger partial charge in [-0.25, -0.2) is 9.78 Å². The van der Waals surface area contributed by atoms with Crippen LogP contribution in [0.2, 0.25) is 0 Å². The van der Waals surface area contributed by atoms with Crippen molar-refractivity contribution in [2.45, 2.75) is 51.5 Å². The Labute approximate surface area is 179 Å². The summed E-state index contributed by atoms with van der Waals surface area (Å²) in [7, 11) is 3.11. The van der Waals surface area contributed by atoms with E-state index in [0.717, 1.165) is 10.6 Å². The molecule has 1 N–H and O–H groups in total. The van der Waals surface area contributed by atoms with Crippen LogP contribution in [0, 0.1) is 6.92 Å². The number of methoxy groups -OCH3 is 2. The van der Waals surface area contributed by atoms with Gasteiger partial charge < -0.3 is 23.7 Å². The summed E-state index contributed by atoms with van der Waals surface area (Å²) >= 11 is 1.34. The van der Waals surface area contributed by atoms with E-state index in [2.05, 4.69) is 15.3 Å². The minimum absolute atomic E-state index is 0.344. The third-order valence-corrected chi connectivity index (χ3v) is 5.90. The first kappa shape index (κ1) is 22.6. The van der Waals surface area contributed by atoms with Crippen molar-refractivity contribution in [2.75, 3.05) is 26.1 Å². The molecule has 1 aliphatic heterocycles. The van der Waals surface area contributed by atoms with Crippen LogP contribution in [-0.2, 0) is 23.7 Å². The second-order valence-electron chi connectivity index (χ2n) is 6.74. The van der Waals surface area contributed by atoms with E-state index in [0.29, 0.717) is 17.3 Å². The van der Waals surface area contributed by atoms with Gasteiger partial charge in [-0.1, -0.05) is 11.3 Å². The van der Waals surface area contributed by atoms with Gasteiger partial charge in [0.1, 0.15) is 28.3 Å². The zero-order valence-corrected chi connectivity index (χ0v) is 18.5. The third kappa shape index (κ3) is 4.96. The summed E-state index contributed by atoms with van der Waals surface area (Å²) < 4.78 is 28.2. The molecule has 1 aliphatic rings. The molecule has 5 atom stereocenters. The van der Waals surface area contributed by atoms with E-state index in [1.807, 2.05) is 32.9 Å². The Morgan fingerprint density at radius 3 is 2.67 bits per heavy atom. The smallest absolute Gasteiger partial charge is 0.414 e. The lowest BCUT2D eigenvalue weighted by molar-refractivity contribution is -0.292. The number of amides is 1. The van der Waals surface area contributed by atoms with Gasteiger partial charge in [0.2, 0.25) is 6.29 Å². The molecule has 1 unspecified atom stereocenters.